The topological polar surface area (TPSA) is 77.5 Å². The summed E-state index contributed by atoms with van der Waals surface area (Å²) in [5.41, 5.74) is 0.709. The van der Waals surface area contributed by atoms with E-state index in [0.717, 1.165) is 10.3 Å². The van der Waals surface area contributed by atoms with Crippen LogP contribution in [-0.4, -0.2) is 28.7 Å². The molecule has 0 radical (unpaired) electrons. The van der Waals surface area contributed by atoms with Crippen LogP contribution in [0.25, 0.3) is 10.8 Å². The summed E-state index contributed by atoms with van der Waals surface area (Å²) in [4.78, 5) is 37.9. The molecular formula is C18H16NO4-. The molecule has 2 aromatic rings. The minimum absolute atomic E-state index is 0.00598. The molecule has 1 heterocycles. The zero-order valence-corrected chi connectivity index (χ0v) is 12.9. The molecule has 0 bridgehead atoms. The molecule has 5 heteroatoms. The first-order valence-electron chi connectivity index (χ1n) is 7.52. The highest BCUT2D eigenvalue weighted by molar-refractivity contribution is 6.26. The zero-order chi connectivity index (χ0) is 16.7. The van der Waals surface area contributed by atoms with E-state index in [-0.39, 0.29) is 12.3 Å². The number of hydrogen-bond donors (Lipinski definition) is 0. The van der Waals surface area contributed by atoms with Crippen molar-refractivity contribution in [2.45, 2.75) is 26.3 Å². The first-order chi connectivity index (χ1) is 10.9. The molecule has 0 aromatic heterocycles. The lowest BCUT2D eigenvalue weighted by molar-refractivity contribution is -0.310. The van der Waals surface area contributed by atoms with Crippen LogP contribution in [0.4, 0.5) is 0 Å². The zero-order valence-electron chi connectivity index (χ0n) is 12.9. The summed E-state index contributed by atoms with van der Waals surface area (Å²) < 4.78 is 0. The van der Waals surface area contributed by atoms with Gasteiger partial charge in [0.15, 0.2) is 0 Å². The highest BCUT2D eigenvalue weighted by Crippen LogP contribution is 2.31. The molecule has 0 fully saturated rings. The molecule has 0 saturated carbocycles. The van der Waals surface area contributed by atoms with Gasteiger partial charge in [0.05, 0.1) is 12.0 Å². The molecule has 5 nitrogen and oxygen atoms in total. The van der Waals surface area contributed by atoms with Crippen LogP contribution in [0.3, 0.4) is 0 Å². The largest absolute Gasteiger partial charge is 0.548 e. The number of nitrogens with zero attached hydrogens (tertiary/aromatic N) is 1. The van der Waals surface area contributed by atoms with E-state index in [1.54, 1.807) is 24.3 Å². The van der Waals surface area contributed by atoms with Gasteiger partial charge in [0.2, 0.25) is 0 Å². The Bertz CT molecular complexity index is 774. The Morgan fingerprint density at radius 3 is 2.00 bits per heavy atom. The van der Waals surface area contributed by atoms with Gasteiger partial charge in [-0.15, -0.1) is 0 Å². The summed E-state index contributed by atoms with van der Waals surface area (Å²) in [6, 6.07) is 9.07. The second kappa shape index (κ2) is 5.50. The molecule has 1 aliphatic rings. The van der Waals surface area contributed by atoms with E-state index in [9.17, 15) is 19.5 Å². The van der Waals surface area contributed by atoms with Gasteiger partial charge in [0.1, 0.15) is 0 Å². The lowest BCUT2D eigenvalue weighted by Crippen LogP contribution is -2.55. The second-order valence-electron chi connectivity index (χ2n) is 6.15. The summed E-state index contributed by atoms with van der Waals surface area (Å²) in [5, 5.41) is 12.9. The Hall–Kier alpha value is -2.69. The minimum atomic E-state index is -1.41. The van der Waals surface area contributed by atoms with Crippen molar-refractivity contribution in [3.63, 3.8) is 0 Å². The number of carboxylic acid groups (broad SMARTS) is 1. The van der Waals surface area contributed by atoms with E-state index in [2.05, 4.69) is 0 Å². The standard InChI is InChI=1S/C18H17NO4/c1-10(2)9-14(18(22)23)19-16(20)12-7-3-5-11-6-4-8-13(15(11)12)17(19)21/h3-8,10,14H,9H2,1-2H3,(H,22,23)/p-1/t14-/m1/s1. The molecule has 3 rings (SSSR count). The van der Waals surface area contributed by atoms with Gasteiger partial charge in [0, 0.05) is 16.5 Å². The van der Waals surface area contributed by atoms with Crippen LogP contribution < -0.4 is 5.11 Å². The van der Waals surface area contributed by atoms with Crippen LogP contribution in [0, 0.1) is 5.92 Å². The quantitative estimate of drug-likeness (QED) is 0.804. The molecule has 0 N–H and O–H groups in total. The number of carboxylic acids is 1. The average Bonchev–Trinajstić information content (AvgIpc) is 2.51. The van der Waals surface area contributed by atoms with Crippen molar-refractivity contribution in [1.29, 1.82) is 0 Å². The number of aliphatic carboxylic acids is 1. The first-order valence-corrected chi connectivity index (χ1v) is 7.52. The molecule has 1 atom stereocenters. The fraction of sp³-hybridized carbons (Fsp3) is 0.278. The first kappa shape index (κ1) is 15.2. The van der Waals surface area contributed by atoms with E-state index < -0.39 is 23.8 Å². The SMILES string of the molecule is CC(C)C[C@H](C(=O)[O-])N1C(=O)c2cccc3cccc(c23)C1=O. The van der Waals surface area contributed by atoms with Crippen LogP contribution in [0.5, 0.6) is 0 Å². The molecular weight excluding hydrogens is 294 g/mol. The van der Waals surface area contributed by atoms with Crippen LogP contribution in [0.1, 0.15) is 41.0 Å². The van der Waals surface area contributed by atoms with Crippen molar-refractivity contribution >= 4 is 28.6 Å². The third kappa shape index (κ3) is 2.38. The molecule has 23 heavy (non-hydrogen) atoms. The number of benzene rings is 2. The number of rotatable bonds is 4. The van der Waals surface area contributed by atoms with Crippen LogP contribution >= 0.6 is 0 Å². The number of carbonyl (C=O) groups is 3. The van der Waals surface area contributed by atoms with Crippen molar-refractivity contribution in [3.05, 3.63) is 47.5 Å². The Kier molecular flexibility index (Phi) is 3.64. The molecule has 0 spiro atoms. The Labute approximate surface area is 133 Å². The molecule has 2 aromatic carbocycles. The third-order valence-electron chi connectivity index (χ3n) is 4.08. The van der Waals surface area contributed by atoms with Gasteiger partial charge in [0.25, 0.3) is 11.8 Å². The van der Waals surface area contributed by atoms with Crippen LogP contribution in [0.15, 0.2) is 36.4 Å². The van der Waals surface area contributed by atoms with E-state index in [4.69, 9.17) is 0 Å². The fourth-order valence-corrected chi connectivity index (χ4v) is 3.09. The van der Waals surface area contributed by atoms with Gasteiger partial charge in [-0.1, -0.05) is 38.1 Å². The lowest BCUT2D eigenvalue weighted by Gasteiger charge is -2.35. The predicted molar refractivity (Wildman–Crippen MR) is 82.7 cm³/mol. The third-order valence-corrected chi connectivity index (χ3v) is 4.08. The summed E-state index contributed by atoms with van der Waals surface area (Å²) >= 11 is 0. The number of carbonyl (C=O) groups excluding carboxylic acids is 3. The van der Waals surface area contributed by atoms with Crippen molar-refractivity contribution in [3.8, 4) is 0 Å². The Balaban J connectivity index is 2.18. The normalized spacial score (nSPS) is 15.3. The van der Waals surface area contributed by atoms with Crippen molar-refractivity contribution in [2.24, 2.45) is 5.92 Å². The van der Waals surface area contributed by atoms with Gasteiger partial charge >= 0.3 is 0 Å². The number of hydrogen-bond acceptors (Lipinski definition) is 4. The van der Waals surface area contributed by atoms with Gasteiger partial charge in [-0.2, -0.15) is 0 Å². The molecule has 2 amide bonds. The summed E-state index contributed by atoms with van der Waals surface area (Å²) in [6.07, 6.45) is 0.165. The minimum Gasteiger partial charge on any atom is -0.548 e. The van der Waals surface area contributed by atoms with Gasteiger partial charge < -0.3 is 9.90 Å². The molecule has 118 valence electrons. The van der Waals surface area contributed by atoms with Crippen molar-refractivity contribution in [1.82, 2.24) is 4.90 Å². The Morgan fingerprint density at radius 2 is 1.57 bits per heavy atom. The van der Waals surface area contributed by atoms with Gasteiger partial charge in [-0.05, 0) is 29.9 Å². The second-order valence-corrected chi connectivity index (χ2v) is 6.15. The summed E-state index contributed by atoms with van der Waals surface area (Å²) in [6.45, 7) is 3.67. The van der Waals surface area contributed by atoms with Crippen molar-refractivity contribution in [2.75, 3.05) is 0 Å². The maximum Gasteiger partial charge on any atom is 0.262 e. The maximum atomic E-state index is 12.8. The lowest BCUT2D eigenvalue weighted by atomic mass is 9.91. The van der Waals surface area contributed by atoms with Crippen molar-refractivity contribution < 1.29 is 19.5 Å². The van der Waals surface area contributed by atoms with Gasteiger partial charge in [-0.25, -0.2) is 0 Å². The predicted octanol–water partition coefficient (Wildman–Crippen LogP) is 1.60. The monoisotopic (exact) mass is 310 g/mol. The molecule has 0 unspecified atom stereocenters. The molecule has 0 saturated heterocycles. The van der Waals surface area contributed by atoms with Crippen LogP contribution in [-0.2, 0) is 4.79 Å². The highest BCUT2D eigenvalue weighted by Gasteiger charge is 2.38. The van der Waals surface area contributed by atoms with Gasteiger partial charge in [-0.3, -0.25) is 14.5 Å². The van der Waals surface area contributed by atoms with Crippen LogP contribution in [0.2, 0.25) is 0 Å². The fourth-order valence-electron chi connectivity index (χ4n) is 3.09. The molecule has 0 aliphatic carbocycles. The Morgan fingerprint density at radius 1 is 1.04 bits per heavy atom. The maximum absolute atomic E-state index is 12.8. The smallest absolute Gasteiger partial charge is 0.262 e. The number of imide groups is 1. The number of amides is 2. The van der Waals surface area contributed by atoms with E-state index in [1.165, 1.54) is 0 Å². The molecule has 1 aliphatic heterocycles. The summed E-state index contributed by atoms with van der Waals surface area (Å²) in [7, 11) is 0. The van der Waals surface area contributed by atoms with E-state index >= 15 is 0 Å². The van der Waals surface area contributed by atoms with E-state index in [0.29, 0.717) is 16.5 Å². The highest BCUT2D eigenvalue weighted by atomic mass is 16.4. The van der Waals surface area contributed by atoms with E-state index in [1.807, 2.05) is 26.0 Å². The summed E-state index contributed by atoms with van der Waals surface area (Å²) in [5.74, 6) is -2.55. The average molecular weight is 310 g/mol.